The van der Waals surface area contributed by atoms with Gasteiger partial charge >= 0.3 is 5.91 Å². The van der Waals surface area contributed by atoms with Crippen molar-refractivity contribution >= 4 is 62.2 Å². The molecule has 0 aliphatic rings. The van der Waals surface area contributed by atoms with E-state index >= 15 is 0 Å². The molecule has 174 valence electrons. The number of amides is 1. The maximum absolute atomic E-state index is 12.4. The quantitative estimate of drug-likeness (QED) is 0.182. The highest BCUT2D eigenvalue weighted by Crippen LogP contribution is 2.30. The van der Waals surface area contributed by atoms with Crippen molar-refractivity contribution in [3.63, 3.8) is 0 Å². The Bertz CT molecular complexity index is 1370. The van der Waals surface area contributed by atoms with Gasteiger partial charge in [0.15, 0.2) is 17.3 Å². The van der Waals surface area contributed by atoms with Crippen molar-refractivity contribution in [2.45, 2.75) is 13.5 Å². The Morgan fingerprint density at radius 2 is 1.91 bits per heavy atom. The van der Waals surface area contributed by atoms with Crippen LogP contribution in [0.5, 0.6) is 11.5 Å². The summed E-state index contributed by atoms with van der Waals surface area (Å²) in [5.41, 5.74) is 4.62. The molecule has 0 saturated carbocycles. The van der Waals surface area contributed by atoms with E-state index < -0.39 is 5.91 Å². The van der Waals surface area contributed by atoms with Crippen molar-refractivity contribution in [3.8, 4) is 11.5 Å². The first-order valence-corrected chi connectivity index (χ1v) is 11.8. The molecule has 0 atom stereocenters. The smallest absolute Gasteiger partial charge is 0.307 e. The Morgan fingerprint density at radius 1 is 1.06 bits per heavy atom. The molecule has 0 unspecified atom stereocenters. The van der Waals surface area contributed by atoms with Crippen LogP contribution in [0, 0.1) is 0 Å². The molecular formula is C25H19BrCl2N2O4. The van der Waals surface area contributed by atoms with Crippen molar-refractivity contribution < 1.29 is 18.7 Å². The summed E-state index contributed by atoms with van der Waals surface area (Å²) in [6.07, 6.45) is 1.51. The summed E-state index contributed by atoms with van der Waals surface area (Å²) in [4.78, 5) is 12.4. The molecule has 0 aliphatic carbocycles. The van der Waals surface area contributed by atoms with Crippen LogP contribution >= 0.6 is 39.1 Å². The average molecular weight is 562 g/mol. The Morgan fingerprint density at radius 3 is 2.71 bits per heavy atom. The number of hydrogen-bond donors (Lipinski definition) is 1. The molecule has 0 aliphatic heterocycles. The lowest BCUT2D eigenvalue weighted by atomic mass is 10.2. The monoisotopic (exact) mass is 560 g/mol. The lowest BCUT2D eigenvalue weighted by molar-refractivity contribution is 0.0929. The van der Waals surface area contributed by atoms with E-state index in [9.17, 15) is 4.79 Å². The summed E-state index contributed by atoms with van der Waals surface area (Å²) in [6.45, 7) is 2.60. The van der Waals surface area contributed by atoms with Gasteiger partial charge in [0, 0.05) is 25.5 Å². The molecule has 3 aromatic carbocycles. The number of furan rings is 1. The lowest BCUT2D eigenvalue weighted by Crippen LogP contribution is -2.16. The molecule has 1 N–H and O–H groups in total. The van der Waals surface area contributed by atoms with Gasteiger partial charge in [0.2, 0.25) is 0 Å². The van der Waals surface area contributed by atoms with Gasteiger partial charge in [0.1, 0.15) is 12.2 Å². The van der Waals surface area contributed by atoms with Crippen LogP contribution in [0.4, 0.5) is 0 Å². The maximum Gasteiger partial charge on any atom is 0.307 e. The van der Waals surface area contributed by atoms with Crippen LogP contribution in [-0.4, -0.2) is 18.7 Å². The minimum absolute atomic E-state index is 0.171. The second kappa shape index (κ2) is 11.0. The third-order valence-electron chi connectivity index (χ3n) is 4.75. The summed E-state index contributed by atoms with van der Waals surface area (Å²) in [5.74, 6) is 0.825. The van der Waals surface area contributed by atoms with Crippen LogP contribution in [0.25, 0.3) is 11.0 Å². The first-order chi connectivity index (χ1) is 16.4. The molecule has 1 amide bonds. The normalized spacial score (nSPS) is 11.2. The molecule has 0 bridgehead atoms. The first-order valence-electron chi connectivity index (χ1n) is 10.3. The van der Waals surface area contributed by atoms with E-state index in [4.69, 9.17) is 37.1 Å². The highest BCUT2D eigenvalue weighted by Gasteiger charge is 2.12. The number of benzene rings is 3. The predicted molar refractivity (Wildman–Crippen MR) is 137 cm³/mol. The van der Waals surface area contributed by atoms with Crippen molar-refractivity contribution in [1.82, 2.24) is 5.43 Å². The lowest BCUT2D eigenvalue weighted by Gasteiger charge is -2.13. The van der Waals surface area contributed by atoms with E-state index in [-0.39, 0.29) is 12.4 Å². The summed E-state index contributed by atoms with van der Waals surface area (Å²) in [6, 6.07) is 17.8. The van der Waals surface area contributed by atoms with E-state index in [1.807, 2.05) is 25.1 Å². The molecule has 34 heavy (non-hydrogen) atoms. The van der Waals surface area contributed by atoms with Gasteiger partial charge in [-0.25, -0.2) is 5.43 Å². The zero-order valence-corrected chi connectivity index (χ0v) is 21.1. The molecule has 6 nitrogen and oxygen atoms in total. The van der Waals surface area contributed by atoms with Gasteiger partial charge in [-0.3, -0.25) is 4.79 Å². The second-order valence-electron chi connectivity index (χ2n) is 7.16. The fraction of sp³-hybridized carbons (Fsp3) is 0.120. The van der Waals surface area contributed by atoms with Gasteiger partial charge in [-0.15, -0.1) is 0 Å². The maximum atomic E-state index is 12.4. The van der Waals surface area contributed by atoms with E-state index in [2.05, 4.69) is 26.5 Å². The molecule has 0 radical (unpaired) electrons. The highest BCUT2D eigenvalue weighted by atomic mass is 79.9. The van der Waals surface area contributed by atoms with Gasteiger partial charge in [-0.1, -0.05) is 45.2 Å². The van der Waals surface area contributed by atoms with Crippen molar-refractivity contribution in [2.24, 2.45) is 5.10 Å². The SMILES string of the molecule is CCOc1cc(/C=N/NC(=O)c2cc3cc(Br)ccc3o2)ccc1OCc1ccc(Cl)cc1Cl. The first kappa shape index (κ1) is 24.1. The van der Waals surface area contributed by atoms with Gasteiger partial charge in [-0.05, 0) is 67.1 Å². The highest BCUT2D eigenvalue weighted by molar-refractivity contribution is 9.10. The van der Waals surface area contributed by atoms with Crippen molar-refractivity contribution in [1.29, 1.82) is 0 Å². The average Bonchev–Trinajstić information content (AvgIpc) is 3.23. The zero-order valence-electron chi connectivity index (χ0n) is 18.0. The topological polar surface area (TPSA) is 73.1 Å². The summed E-state index contributed by atoms with van der Waals surface area (Å²) in [7, 11) is 0. The fourth-order valence-electron chi connectivity index (χ4n) is 3.13. The summed E-state index contributed by atoms with van der Waals surface area (Å²) >= 11 is 15.6. The Balaban J connectivity index is 1.42. The Labute approximate surface area is 214 Å². The van der Waals surface area contributed by atoms with Crippen LogP contribution in [0.1, 0.15) is 28.6 Å². The largest absolute Gasteiger partial charge is 0.490 e. The number of hydrazone groups is 1. The van der Waals surface area contributed by atoms with E-state index in [0.717, 1.165) is 15.4 Å². The predicted octanol–water partition coefficient (Wildman–Crippen LogP) is 7.24. The molecule has 4 aromatic rings. The third kappa shape index (κ3) is 5.91. The molecule has 0 spiro atoms. The Kier molecular flexibility index (Phi) is 7.77. The summed E-state index contributed by atoms with van der Waals surface area (Å²) < 4.78 is 18.1. The molecule has 1 aromatic heterocycles. The molecule has 1 heterocycles. The van der Waals surface area contributed by atoms with Gasteiger partial charge in [0.05, 0.1) is 12.8 Å². The fourth-order valence-corrected chi connectivity index (χ4v) is 3.98. The van der Waals surface area contributed by atoms with Gasteiger partial charge in [0.25, 0.3) is 0 Å². The number of carbonyl (C=O) groups is 1. The number of hydrogen-bond acceptors (Lipinski definition) is 5. The third-order valence-corrected chi connectivity index (χ3v) is 5.83. The minimum atomic E-state index is -0.451. The summed E-state index contributed by atoms with van der Waals surface area (Å²) in [5, 5.41) is 5.94. The Hall–Kier alpha value is -3.00. The van der Waals surface area contributed by atoms with E-state index in [0.29, 0.717) is 39.3 Å². The van der Waals surface area contributed by atoms with Crippen LogP contribution in [0.3, 0.4) is 0 Å². The number of fused-ring (bicyclic) bond motifs is 1. The van der Waals surface area contributed by atoms with Crippen LogP contribution < -0.4 is 14.9 Å². The molecule has 0 fully saturated rings. The molecule has 9 heteroatoms. The van der Waals surface area contributed by atoms with Gasteiger partial charge in [-0.2, -0.15) is 5.10 Å². The number of ether oxygens (including phenoxy) is 2. The standard InChI is InChI=1S/C25H19BrCl2N2O4/c1-2-32-23-9-15(3-7-22(23)33-14-16-4-6-19(27)12-20(16)28)13-29-30-25(31)24-11-17-10-18(26)5-8-21(17)34-24/h3-13H,2,14H2,1H3,(H,30,31)/b29-13+. The van der Waals surface area contributed by atoms with Crippen molar-refractivity contribution in [3.05, 3.63) is 92.1 Å². The van der Waals surface area contributed by atoms with Crippen LogP contribution in [0.2, 0.25) is 10.0 Å². The number of halogens is 3. The van der Waals surface area contributed by atoms with E-state index in [1.165, 1.54) is 6.21 Å². The zero-order chi connectivity index (χ0) is 24.1. The number of carbonyl (C=O) groups excluding carboxylic acids is 1. The second-order valence-corrected chi connectivity index (χ2v) is 8.91. The van der Waals surface area contributed by atoms with Crippen LogP contribution in [0.15, 0.2) is 74.7 Å². The molecular weight excluding hydrogens is 543 g/mol. The molecule has 4 rings (SSSR count). The van der Waals surface area contributed by atoms with Gasteiger partial charge < -0.3 is 13.9 Å². The number of nitrogens with one attached hydrogen (secondary N) is 1. The van der Waals surface area contributed by atoms with Crippen molar-refractivity contribution in [2.75, 3.05) is 6.61 Å². The molecule has 0 saturated heterocycles. The number of rotatable bonds is 8. The van der Waals surface area contributed by atoms with E-state index in [1.54, 1.807) is 42.5 Å². The van der Waals surface area contributed by atoms with Crippen LogP contribution in [-0.2, 0) is 6.61 Å². The number of nitrogens with zero attached hydrogens (tertiary/aromatic N) is 1. The minimum Gasteiger partial charge on any atom is -0.490 e.